The fourth-order valence-electron chi connectivity index (χ4n) is 2.56. The number of nitrogens with one attached hydrogen (secondary N) is 1. The normalized spacial score (nSPS) is 22.3. The number of rotatable bonds is 7. The zero-order valence-corrected chi connectivity index (χ0v) is 13.1. The number of likely N-dealkylation sites (N-methyl/N-ethyl adjacent to an activating group) is 1. The van der Waals surface area contributed by atoms with Gasteiger partial charge in [0.1, 0.15) is 0 Å². The molecule has 1 rings (SSSR count). The minimum atomic E-state index is 0.697. The molecule has 3 heteroatoms. The second-order valence-electron chi connectivity index (χ2n) is 6.32. The lowest BCUT2D eigenvalue weighted by atomic mass is 10.0. The lowest BCUT2D eigenvalue weighted by Gasteiger charge is -2.40. The van der Waals surface area contributed by atoms with Gasteiger partial charge < -0.3 is 10.2 Å². The van der Waals surface area contributed by atoms with Crippen molar-refractivity contribution in [1.82, 2.24) is 15.1 Å². The Morgan fingerprint density at radius 2 is 1.61 bits per heavy atom. The van der Waals surface area contributed by atoms with Crippen molar-refractivity contribution in [3.8, 4) is 0 Å². The first-order valence-electron chi connectivity index (χ1n) is 7.67. The minimum absolute atomic E-state index is 0.697. The van der Waals surface area contributed by atoms with E-state index >= 15 is 0 Å². The first-order valence-corrected chi connectivity index (χ1v) is 7.67. The maximum atomic E-state index is 3.67. The van der Waals surface area contributed by atoms with E-state index in [2.05, 4.69) is 49.9 Å². The molecule has 0 bridgehead atoms. The molecular weight excluding hydrogens is 222 g/mol. The van der Waals surface area contributed by atoms with E-state index in [1.54, 1.807) is 0 Å². The molecule has 0 radical (unpaired) electrons. The highest BCUT2D eigenvalue weighted by Crippen LogP contribution is 2.13. The summed E-state index contributed by atoms with van der Waals surface area (Å²) in [7, 11) is 2.23. The Hall–Kier alpha value is -0.120. The Bertz CT molecular complexity index is 210. The minimum Gasteiger partial charge on any atom is -0.315 e. The van der Waals surface area contributed by atoms with Crippen LogP contribution in [-0.4, -0.2) is 62.2 Å². The molecule has 1 fully saturated rings. The zero-order valence-electron chi connectivity index (χ0n) is 13.1. The standard InChI is InChI=1S/C15H33N3/c1-6-14(4)11-16-12-15(13(2)3)18-9-7-17(5)8-10-18/h13-16H,6-12H2,1-5H3. The summed E-state index contributed by atoms with van der Waals surface area (Å²) in [5.74, 6) is 1.53. The molecule has 0 aromatic carbocycles. The third kappa shape index (κ3) is 5.25. The van der Waals surface area contributed by atoms with Gasteiger partial charge in [-0.2, -0.15) is 0 Å². The lowest BCUT2D eigenvalue weighted by Crippen LogP contribution is -2.53. The SMILES string of the molecule is CCC(C)CNCC(C(C)C)N1CCN(C)CC1. The Morgan fingerprint density at radius 3 is 2.11 bits per heavy atom. The maximum absolute atomic E-state index is 3.67. The predicted octanol–water partition coefficient (Wildman–Crippen LogP) is 1.89. The van der Waals surface area contributed by atoms with Gasteiger partial charge in [-0.3, -0.25) is 4.90 Å². The molecule has 1 saturated heterocycles. The van der Waals surface area contributed by atoms with Crippen LogP contribution in [0.4, 0.5) is 0 Å². The molecule has 0 aliphatic carbocycles. The molecule has 0 spiro atoms. The van der Waals surface area contributed by atoms with Crippen LogP contribution in [0.15, 0.2) is 0 Å². The summed E-state index contributed by atoms with van der Waals surface area (Å²) < 4.78 is 0. The highest BCUT2D eigenvalue weighted by molar-refractivity contribution is 4.81. The third-order valence-electron chi connectivity index (χ3n) is 4.32. The van der Waals surface area contributed by atoms with Crippen LogP contribution in [0.25, 0.3) is 0 Å². The molecule has 0 aromatic rings. The number of piperazine rings is 1. The Morgan fingerprint density at radius 1 is 1.00 bits per heavy atom. The van der Waals surface area contributed by atoms with Crippen LogP contribution in [0, 0.1) is 11.8 Å². The van der Waals surface area contributed by atoms with E-state index in [0.29, 0.717) is 6.04 Å². The molecular formula is C15H33N3. The van der Waals surface area contributed by atoms with Crippen molar-refractivity contribution in [1.29, 1.82) is 0 Å². The van der Waals surface area contributed by atoms with E-state index in [4.69, 9.17) is 0 Å². The summed E-state index contributed by atoms with van der Waals surface area (Å²) in [5, 5.41) is 3.67. The van der Waals surface area contributed by atoms with E-state index in [-0.39, 0.29) is 0 Å². The highest BCUT2D eigenvalue weighted by atomic mass is 15.3. The van der Waals surface area contributed by atoms with Crippen LogP contribution in [0.2, 0.25) is 0 Å². The van der Waals surface area contributed by atoms with Crippen LogP contribution in [0.1, 0.15) is 34.1 Å². The van der Waals surface area contributed by atoms with Gasteiger partial charge in [0.2, 0.25) is 0 Å². The molecule has 18 heavy (non-hydrogen) atoms. The van der Waals surface area contributed by atoms with Gasteiger partial charge in [0.15, 0.2) is 0 Å². The fraction of sp³-hybridized carbons (Fsp3) is 1.00. The van der Waals surface area contributed by atoms with Crippen LogP contribution in [0.5, 0.6) is 0 Å². The van der Waals surface area contributed by atoms with Crippen molar-refractivity contribution < 1.29 is 0 Å². The summed E-state index contributed by atoms with van der Waals surface area (Å²) in [5.41, 5.74) is 0. The molecule has 108 valence electrons. The van der Waals surface area contributed by atoms with Crippen LogP contribution in [-0.2, 0) is 0 Å². The van der Waals surface area contributed by atoms with E-state index < -0.39 is 0 Å². The van der Waals surface area contributed by atoms with Crippen molar-refractivity contribution in [2.24, 2.45) is 11.8 Å². The Balaban J connectivity index is 2.35. The number of nitrogens with zero attached hydrogens (tertiary/aromatic N) is 2. The van der Waals surface area contributed by atoms with Crippen molar-refractivity contribution in [2.75, 3.05) is 46.3 Å². The van der Waals surface area contributed by atoms with Gasteiger partial charge in [-0.05, 0) is 25.4 Å². The van der Waals surface area contributed by atoms with Crippen LogP contribution >= 0.6 is 0 Å². The van der Waals surface area contributed by atoms with E-state index in [9.17, 15) is 0 Å². The molecule has 2 atom stereocenters. The van der Waals surface area contributed by atoms with Crippen molar-refractivity contribution in [2.45, 2.75) is 40.2 Å². The maximum Gasteiger partial charge on any atom is 0.0244 e. The molecule has 0 saturated carbocycles. The second kappa shape index (κ2) is 8.13. The first-order chi connectivity index (χ1) is 8.54. The molecule has 3 nitrogen and oxygen atoms in total. The summed E-state index contributed by atoms with van der Waals surface area (Å²) >= 11 is 0. The first kappa shape index (κ1) is 15.9. The van der Waals surface area contributed by atoms with Gasteiger partial charge in [0, 0.05) is 38.8 Å². The quantitative estimate of drug-likeness (QED) is 0.749. The average molecular weight is 255 g/mol. The second-order valence-corrected chi connectivity index (χ2v) is 6.32. The Labute approximate surface area is 114 Å². The summed E-state index contributed by atoms with van der Waals surface area (Å²) in [6.45, 7) is 16.5. The molecule has 2 unspecified atom stereocenters. The van der Waals surface area contributed by atoms with Gasteiger partial charge in [-0.15, -0.1) is 0 Å². The molecule has 1 aliphatic heterocycles. The smallest absolute Gasteiger partial charge is 0.0244 e. The van der Waals surface area contributed by atoms with E-state index in [0.717, 1.165) is 24.9 Å². The molecule has 0 amide bonds. The lowest BCUT2D eigenvalue weighted by molar-refractivity contribution is 0.0872. The predicted molar refractivity (Wildman–Crippen MR) is 80.0 cm³/mol. The van der Waals surface area contributed by atoms with Crippen LogP contribution < -0.4 is 5.32 Å². The Kier molecular flexibility index (Phi) is 7.20. The third-order valence-corrected chi connectivity index (χ3v) is 4.32. The van der Waals surface area contributed by atoms with Gasteiger partial charge >= 0.3 is 0 Å². The number of hydrogen-bond acceptors (Lipinski definition) is 3. The molecule has 0 aromatic heterocycles. The van der Waals surface area contributed by atoms with E-state index in [1.807, 2.05) is 0 Å². The molecule has 1 aliphatic rings. The summed E-state index contributed by atoms with van der Waals surface area (Å²) in [6.07, 6.45) is 1.27. The fourth-order valence-corrected chi connectivity index (χ4v) is 2.56. The average Bonchev–Trinajstić information content (AvgIpc) is 2.35. The van der Waals surface area contributed by atoms with Crippen molar-refractivity contribution in [3.05, 3.63) is 0 Å². The summed E-state index contributed by atoms with van der Waals surface area (Å²) in [4.78, 5) is 5.11. The van der Waals surface area contributed by atoms with Crippen molar-refractivity contribution >= 4 is 0 Å². The van der Waals surface area contributed by atoms with Gasteiger partial charge in [-0.25, -0.2) is 0 Å². The van der Waals surface area contributed by atoms with Gasteiger partial charge in [0.25, 0.3) is 0 Å². The molecule has 1 heterocycles. The van der Waals surface area contributed by atoms with E-state index in [1.165, 1.54) is 32.6 Å². The van der Waals surface area contributed by atoms with Crippen molar-refractivity contribution in [3.63, 3.8) is 0 Å². The topological polar surface area (TPSA) is 18.5 Å². The zero-order chi connectivity index (χ0) is 13.5. The monoisotopic (exact) mass is 255 g/mol. The van der Waals surface area contributed by atoms with Gasteiger partial charge in [0.05, 0.1) is 0 Å². The molecule has 1 N–H and O–H groups in total. The van der Waals surface area contributed by atoms with Crippen LogP contribution in [0.3, 0.4) is 0 Å². The largest absolute Gasteiger partial charge is 0.315 e. The highest BCUT2D eigenvalue weighted by Gasteiger charge is 2.24. The van der Waals surface area contributed by atoms with Gasteiger partial charge in [-0.1, -0.05) is 34.1 Å². The summed E-state index contributed by atoms with van der Waals surface area (Å²) in [6, 6.07) is 0.697. The number of hydrogen-bond donors (Lipinski definition) is 1.